The molecule has 3 rings (SSSR count). The van der Waals surface area contributed by atoms with Crippen molar-refractivity contribution >= 4 is 23.2 Å². The number of carbonyl (C=O) groups excluding carboxylic acids is 2. The molecule has 2 amide bonds. The molecule has 0 spiro atoms. The Morgan fingerprint density at radius 3 is 2.40 bits per heavy atom. The van der Waals surface area contributed by atoms with E-state index in [1.807, 2.05) is 6.07 Å². The van der Waals surface area contributed by atoms with Gasteiger partial charge in [-0.05, 0) is 55.3 Å². The smallest absolute Gasteiger partial charge is 0.262 e. The highest BCUT2D eigenvalue weighted by Crippen LogP contribution is 2.30. The maximum atomic E-state index is 12.0. The Morgan fingerprint density at radius 2 is 1.76 bits per heavy atom. The van der Waals surface area contributed by atoms with E-state index in [9.17, 15) is 9.59 Å². The van der Waals surface area contributed by atoms with Crippen molar-refractivity contribution in [2.24, 2.45) is 5.92 Å². The third-order valence-electron chi connectivity index (χ3n) is 3.72. The highest BCUT2D eigenvalue weighted by atomic mass is 16.5. The molecule has 1 saturated carbocycles. The Kier molecular flexibility index (Phi) is 4.95. The molecule has 0 atom stereocenters. The molecule has 2 aromatic carbocycles. The Bertz CT molecular complexity index is 821. The maximum absolute atomic E-state index is 12.0. The van der Waals surface area contributed by atoms with Gasteiger partial charge in [-0.2, -0.15) is 5.26 Å². The lowest BCUT2D eigenvalue weighted by Gasteiger charge is -2.09. The molecule has 0 aromatic heterocycles. The Labute approximate surface area is 145 Å². The van der Waals surface area contributed by atoms with Gasteiger partial charge in [-0.3, -0.25) is 9.59 Å². The van der Waals surface area contributed by atoms with E-state index < -0.39 is 0 Å². The molecule has 2 N–H and O–H groups in total. The summed E-state index contributed by atoms with van der Waals surface area (Å²) in [5.74, 6) is 0.348. The molecule has 1 fully saturated rings. The van der Waals surface area contributed by atoms with E-state index in [1.165, 1.54) is 0 Å². The molecule has 0 heterocycles. The summed E-state index contributed by atoms with van der Waals surface area (Å²) in [5.41, 5.74) is 1.77. The van der Waals surface area contributed by atoms with Crippen molar-refractivity contribution < 1.29 is 14.3 Å². The van der Waals surface area contributed by atoms with Crippen molar-refractivity contribution in [1.82, 2.24) is 0 Å². The van der Waals surface area contributed by atoms with E-state index in [2.05, 4.69) is 10.6 Å². The van der Waals surface area contributed by atoms with Crippen LogP contribution in [0, 0.1) is 17.2 Å². The van der Waals surface area contributed by atoms with Crippen molar-refractivity contribution in [2.45, 2.75) is 12.8 Å². The minimum atomic E-state index is -0.310. The number of rotatable bonds is 6. The predicted molar refractivity (Wildman–Crippen MR) is 93.1 cm³/mol. The quantitative estimate of drug-likeness (QED) is 0.849. The normalized spacial score (nSPS) is 12.8. The number of carbonyl (C=O) groups is 2. The summed E-state index contributed by atoms with van der Waals surface area (Å²) in [6.45, 7) is -0.148. The van der Waals surface area contributed by atoms with Crippen molar-refractivity contribution in [3.05, 3.63) is 54.1 Å². The fourth-order valence-electron chi connectivity index (χ4n) is 2.24. The molecular weight excluding hydrogens is 318 g/mol. The SMILES string of the molecule is N#Cc1ccc(OCC(=O)Nc2cccc(NC(=O)C3CC3)c2)cc1. The molecule has 126 valence electrons. The first-order chi connectivity index (χ1) is 12.1. The number of benzene rings is 2. The van der Waals surface area contributed by atoms with Crippen LogP contribution >= 0.6 is 0 Å². The van der Waals surface area contributed by atoms with Crippen molar-refractivity contribution in [1.29, 1.82) is 5.26 Å². The van der Waals surface area contributed by atoms with Crippen LogP contribution in [-0.4, -0.2) is 18.4 Å². The molecule has 0 aliphatic heterocycles. The van der Waals surface area contributed by atoms with Gasteiger partial charge >= 0.3 is 0 Å². The van der Waals surface area contributed by atoms with Gasteiger partial charge in [0.15, 0.2) is 6.61 Å². The lowest BCUT2D eigenvalue weighted by molar-refractivity contribution is -0.118. The number of hydrogen-bond donors (Lipinski definition) is 2. The van der Waals surface area contributed by atoms with E-state index in [1.54, 1.807) is 48.5 Å². The summed E-state index contributed by atoms with van der Waals surface area (Å²) in [6, 6.07) is 15.5. The molecular formula is C19H17N3O3. The minimum Gasteiger partial charge on any atom is -0.484 e. The van der Waals surface area contributed by atoms with E-state index in [0.717, 1.165) is 12.8 Å². The van der Waals surface area contributed by atoms with Crippen LogP contribution in [0.1, 0.15) is 18.4 Å². The third kappa shape index (κ3) is 4.82. The number of nitriles is 1. The van der Waals surface area contributed by atoms with E-state index in [0.29, 0.717) is 22.7 Å². The number of nitrogens with zero attached hydrogens (tertiary/aromatic N) is 1. The molecule has 1 aliphatic carbocycles. The lowest BCUT2D eigenvalue weighted by atomic mass is 10.2. The van der Waals surface area contributed by atoms with Gasteiger partial charge in [-0.15, -0.1) is 0 Å². The van der Waals surface area contributed by atoms with E-state index in [4.69, 9.17) is 10.00 Å². The van der Waals surface area contributed by atoms with Gasteiger partial charge in [0, 0.05) is 17.3 Å². The summed E-state index contributed by atoms with van der Waals surface area (Å²) in [5, 5.41) is 14.3. The number of ether oxygens (including phenoxy) is 1. The van der Waals surface area contributed by atoms with Gasteiger partial charge in [-0.1, -0.05) is 6.07 Å². The molecule has 6 heteroatoms. The number of amides is 2. The average Bonchev–Trinajstić information content (AvgIpc) is 3.46. The van der Waals surface area contributed by atoms with E-state index in [-0.39, 0.29) is 24.3 Å². The lowest BCUT2D eigenvalue weighted by Crippen LogP contribution is -2.20. The second kappa shape index (κ2) is 7.49. The summed E-state index contributed by atoms with van der Waals surface area (Å²) >= 11 is 0. The van der Waals surface area contributed by atoms with Crippen LogP contribution in [0.2, 0.25) is 0 Å². The highest BCUT2D eigenvalue weighted by Gasteiger charge is 2.29. The monoisotopic (exact) mass is 335 g/mol. The Morgan fingerprint density at radius 1 is 1.08 bits per heavy atom. The van der Waals surface area contributed by atoms with Gasteiger partial charge in [0.25, 0.3) is 5.91 Å². The topological polar surface area (TPSA) is 91.2 Å². The molecule has 6 nitrogen and oxygen atoms in total. The van der Waals surface area contributed by atoms with Crippen molar-refractivity contribution in [3.63, 3.8) is 0 Å². The molecule has 2 aromatic rings. The zero-order chi connectivity index (χ0) is 17.6. The fraction of sp³-hybridized carbons (Fsp3) is 0.211. The number of nitrogens with one attached hydrogen (secondary N) is 2. The summed E-state index contributed by atoms with van der Waals surface area (Å²) in [6.07, 6.45) is 1.88. The van der Waals surface area contributed by atoms with Crippen LogP contribution in [0.25, 0.3) is 0 Å². The van der Waals surface area contributed by atoms with Crippen LogP contribution < -0.4 is 15.4 Å². The molecule has 1 aliphatic rings. The highest BCUT2D eigenvalue weighted by molar-refractivity contribution is 5.96. The van der Waals surface area contributed by atoms with Gasteiger partial charge in [0.1, 0.15) is 5.75 Å². The first-order valence-electron chi connectivity index (χ1n) is 7.98. The standard InChI is InChI=1S/C19H17N3O3/c20-11-13-4-8-17(9-5-13)25-12-18(23)21-15-2-1-3-16(10-15)22-19(24)14-6-7-14/h1-5,8-10,14H,6-7,12H2,(H,21,23)(H,22,24). The minimum absolute atomic E-state index is 0.0209. The first kappa shape index (κ1) is 16.5. The van der Waals surface area contributed by atoms with Crippen LogP contribution in [-0.2, 0) is 9.59 Å². The van der Waals surface area contributed by atoms with Gasteiger partial charge in [-0.25, -0.2) is 0 Å². The van der Waals surface area contributed by atoms with Gasteiger partial charge < -0.3 is 15.4 Å². The van der Waals surface area contributed by atoms with Crippen LogP contribution in [0.4, 0.5) is 11.4 Å². The zero-order valence-corrected chi connectivity index (χ0v) is 13.5. The summed E-state index contributed by atoms with van der Waals surface area (Å²) in [7, 11) is 0. The summed E-state index contributed by atoms with van der Waals surface area (Å²) in [4.78, 5) is 23.8. The molecule has 0 unspecified atom stereocenters. The average molecular weight is 335 g/mol. The first-order valence-corrected chi connectivity index (χ1v) is 7.98. The van der Waals surface area contributed by atoms with E-state index >= 15 is 0 Å². The predicted octanol–water partition coefficient (Wildman–Crippen LogP) is 2.92. The second-order valence-electron chi connectivity index (χ2n) is 5.82. The maximum Gasteiger partial charge on any atom is 0.262 e. The fourth-order valence-corrected chi connectivity index (χ4v) is 2.24. The van der Waals surface area contributed by atoms with Gasteiger partial charge in [0.2, 0.25) is 5.91 Å². The largest absolute Gasteiger partial charge is 0.484 e. The van der Waals surface area contributed by atoms with Crippen LogP contribution in [0.3, 0.4) is 0 Å². The van der Waals surface area contributed by atoms with Crippen molar-refractivity contribution in [2.75, 3.05) is 17.2 Å². The van der Waals surface area contributed by atoms with Crippen LogP contribution in [0.15, 0.2) is 48.5 Å². The number of anilines is 2. The van der Waals surface area contributed by atoms with Crippen LogP contribution in [0.5, 0.6) is 5.75 Å². The second-order valence-corrected chi connectivity index (χ2v) is 5.82. The molecule has 25 heavy (non-hydrogen) atoms. The molecule has 0 saturated heterocycles. The van der Waals surface area contributed by atoms with Gasteiger partial charge in [0.05, 0.1) is 11.6 Å². The Balaban J connectivity index is 1.51. The number of hydrogen-bond acceptors (Lipinski definition) is 4. The summed E-state index contributed by atoms with van der Waals surface area (Å²) < 4.78 is 5.38. The zero-order valence-electron chi connectivity index (χ0n) is 13.5. The third-order valence-corrected chi connectivity index (χ3v) is 3.72. The van der Waals surface area contributed by atoms with Crippen molar-refractivity contribution in [3.8, 4) is 11.8 Å². The molecule has 0 radical (unpaired) electrons. The molecule has 0 bridgehead atoms. The Hall–Kier alpha value is -3.33.